The van der Waals surface area contributed by atoms with Gasteiger partial charge >= 0.3 is 0 Å². The summed E-state index contributed by atoms with van der Waals surface area (Å²) in [4.78, 5) is 16.1. The number of benzene rings is 1. The standard InChI is InChI=1S/C23H25N3O/c1-4-5-12-20-15-16-23(19-10-7-6-8-11-19)26(20)25-17(2)21-13-9-14-22(24-21)18(3)27/h6-11,13-16H,4-5,12H2,1-3H3/b25-17+. The molecular formula is C23H25N3O. The number of aromatic nitrogens is 2. The van der Waals surface area contributed by atoms with Gasteiger partial charge in [-0.1, -0.05) is 49.7 Å². The Kier molecular flexibility index (Phi) is 5.97. The van der Waals surface area contributed by atoms with Crippen LogP contribution in [0, 0.1) is 0 Å². The van der Waals surface area contributed by atoms with Crippen LogP contribution in [0.25, 0.3) is 11.3 Å². The van der Waals surface area contributed by atoms with Crippen molar-refractivity contribution in [3.8, 4) is 11.3 Å². The average molecular weight is 359 g/mol. The molecule has 1 aromatic carbocycles. The lowest BCUT2D eigenvalue weighted by Gasteiger charge is -2.10. The van der Waals surface area contributed by atoms with Crippen molar-refractivity contribution in [1.29, 1.82) is 0 Å². The molecular weight excluding hydrogens is 334 g/mol. The number of nitrogens with zero attached hydrogens (tertiary/aromatic N) is 3. The zero-order valence-corrected chi connectivity index (χ0v) is 16.1. The van der Waals surface area contributed by atoms with Gasteiger partial charge in [0.2, 0.25) is 0 Å². The topological polar surface area (TPSA) is 47.2 Å². The number of ketones is 1. The van der Waals surface area contributed by atoms with E-state index in [0.717, 1.165) is 41.9 Å². The fraction of sp³-hybridized carbons (Fsp3) is 0.261. The summed E-state index contributed by atoms with van der Waals surface area (Å²) in [7, 11) is 0. The summed E-state index contributed by atoms with van der Waals surface area (Å²) in [6.45, 7) is 5.66. The van der Waals surface area contributed by atoms with Crippen molar-refractivity contribution in [2.45, 2.75) is 40.0 Å². The maximum Gasteiger partial charge on any atom is 0.178 e. The van der Waals surface area contributed by atoms with Crippen molar-refractivity contribution in [1.82, 2.24) is 9.66 Å². The zero-order valence-electron chi connectivity index (χ0n) is 16.1. The molecule has 0 fully saturated rings. The molecule has 2 aromatic heterocycles. The summed E-state index contributed by atoms with van der Waals surface area (Å²) in [5, 5.41) is 4.88. The average Bonchev–Trinajstić information content (AvgIpc) is 3.09. The molecule has 4 heteroatoms. The van der Waals surface area contributed by atoms with Gasteiger partial charge < -0.3 is 0 Å². The Labute approximate surface area is 160 Å². The minimum Gasteiger partial charge on any atom is -0.293 e. The van der Waals surface area contributed by atoms with Crippen LogP contribution in [-0.4, -0.2) is 21.2 Å². The molecule has 0 spiro atoms. The first kappa shape index (κ1) is 18.8. The predicted molar refractivity (Wildman–Crippen MR) is 110 cm³/mol. The number of carbonyl (C=O) groups excluding carboxylic acids is 1. The van der Waals surface area contributed by atoms with Crippen LogP contribution in [0.3, 0.4) is 0 Å². The number of pyridine rings is 1. The molecule has 0 bridgehead atoms. The number of Topliss-reactive ketones (excluding diaryl/α,β-unsaturated/α-hetero) is 1. The van der Waals surface area contributed by atoms with E-state index in [1.165, 1.54) is 12.6 Å². The van der Waals surface area contributed by atoms with Gasteiger partial charge in [-0.2, -0.15) is 5.10 Å². The molecule has 0 saturated heterocycles. The number of unbranched alkanes of at least 4 members (excludes halogenated alkanes) is 1. The van der Waals surface area contributed by atoms with E-state index in [-0.39, 0.29) is 5.78 Å². The normalized spacial score (nSPS) is 11.6. The van der Waals surface area contributed by atoms with Crippen LogP contribution >= 0.6 is 0 Å². The van der Waals surface area contributed by atoms with E-state index in [4.69, 9.17) is 5.10 Å². The van der Waals surface area contributed by atoms with Crippen LogP contribution < -0.4 is 0 Å². The third-order valence-corrected chi connectivity index (χ3v) is 4.52. The lowest BCUT2D eigenvalue weighted by Crippen LogP contribution is -2.08. The monoisotopic (exact) mass is 359 g/mol. The molecule has 0 atom stereocenters. The first-order valence-corrected chi connectivity index (χ1v) is 9.40. The Hall–Kier alpha value is -3.01. The number of carbonyl (C=O) groups is 1. The number of rotatable bonds is 7. The molecule has 0 aliphatic rings. The molecule has 0 aliphatic carbocycles. The fourth-order valence-electron chi connectivity index (χ4n) is 3.00. The van der Waals surface area contributed by atoms with Gasteiger partial charge in [0, 0.05) is 18.2 Å². The fourth-order valence-corrected chi connectivity index (χ4v) is 3.00. The third-order valence-electron chi connectivity index (χ3n) is 4.52. The summed E-state index contributed by atoms with van der Waals surface area (Å²) < 4.78 is 2.02. The maximum atomic E-state index is 11.6. The Morgan fingerprint density at radius 1 is 0.963 bits per heavy atom. The van der Waals surface area contributed by atoms with Crippen molar-refractivity contribution in [2.24, 2.45) is 5.10 Å². The van der Waals surface area contributed by atoms with Crippen molar-refractivity contribution in [3.05, 3.63) is 77.7 Å². The number of aryl methyl sites for hydroxylation is 1. The lowest BCUT2D eigenvalue weighted by molar-refractivity contribution is 0.101. The van der Waals surface area contributed by atoms with E-state index in [9.17, 15) is 4.79 Å². The number of hydrogen-bond donors (Lipinski definition) is 0. The predicted octanol–water partition coefficient (Wildman–Crippen LogP) is 5.37. The maximum absolute atomic E-state index is 11.6. The van der Waals surface area contributed by atoms with Gasteiger partial charge in [-0.3, -0.25) is 4.79 Å². The molecule has 4 nitrogen and oxygen atoms in total. The summed E-state index contributed by atoms with van der Waals surface area (Å²) in [6, 6.07) is 20.0. The molecule has 0 unspecified atom stereocenters. The molecule has 138 valence electrons. The summed E-state index contributed by atoms with van der Waals surface area (Å²) >= 11 is 0. The van der Waals surface area contributed by atoms with Gasteiger partial charge in [0.25, 0.3) is 0 Å². The molecule has 3 aromatic rings. The van der Waals surface area contributed by atoms with Gasteiger partial charge in [0.15, 0.2) is 5.78 Å². The molecule has 0 radical (unpaired) electrons. The van der Waals surface area contributed by atoms with E-state index in [2.05, 4.69) is 36.2 Å². The Bertz CT molecular complexity index is 955. The van der Waals surface area contributed by atoms with Gasteiger partial charge in [-0.25, -0.2) is 9.66 Å². The molecule has 2 heterocycles. The number of hydrogen-bond acceptors (Lipinski definition) is 3. The molecule has 3 rings (SSSR count). The second-order valence-corrected chi connectivity index (χ2v) is 6.64. The molecule has 0 saturated carbocycles. The highest BCUT2D eigenvalue weighted by atomic mass is 16.1. The van der Waals surface area contributed by atoms with E-state index in [1.807, 2.05) is 41.9 Å². The van der Waals surface area contributed by atoms with E-state index in [0.29, 0.717) is 5.69 Å². The van der Waals surface area contributed by atoms with E-state index in [1.54, 1.807) is 6.07 Å². The van der Waals surface area contributed by atoms with Gasteiger partial charge in [0.1, 0.15) is 5.69 Å². The Morgan fingerprint density at radius 2 is 1.70 bits per heavy atom. The molecule has 27 heavy (non-hydrogen) atoms. The van der Waals surface area contributed by atoms with E-state index < -0.39 is 0 Å². The third kappa shape index (κ3) is 4.40. The van der Waals surface area contributed by atoms with Crippen LogP contribution in [0.1, 0.15) is 55.5 Å². The van der Waals surface area contributed by atoms with Gasteiger partial charge in [-0.15, -0.1) is 0 Å². The van der Waals surface area contributed by atoms with Crippen LogP contribution in [0.15, 0.2) is 65.8 Å². The first-order chi connectivity index (χ1) is 13.1. The van der Waals surface area contributed by atoms with Gasteiger partial charge in [-0.05, 0) is 44.0 Å². The van der Waals surface area contributed by atoms with Crippen LogP contribution in [-0.2, 0) is 6.42 Å². The van der Waals surface area contributed by atoms with Crippen LogP contribution in [0.4, 0.5) is 0 Å². The summed E-state index contributed by atoms with van der Waals surface area (Å²) in [5.41, 5.74) is 5.33. The highest BCUT2D eigenvalue weighted by Crippen LogP contribution is 2.24. The van der Waals surface area contributed by atoms with Crippen molar-refractivity contribution >= 4 is 11.5 Å². The smallest absolute Gasteiger partial charge is 0.178 e. The molecule has 0 amide bonds. The zero-order chi connectivity index (χ0) is 19.2. The van der Waals surface area contributed by atoms with Crippen LogP contribution in [0.2, 0.25) is 0 Å². The summed E-state index contributed by atoms with van der Waals surface area (Å²) in [5.74, 6) is -0.0424. The van der Waals surface area contributed by atoms with Crippen LogP contribution in [0.5, 0.6) is 0 Å². The molecule has 0 N–H and O–H groups in total. The minimum absolute atomic E-state index is 0.0424. The highest BCUT2D eigenvalue weighted by molar-refractivity contribution is 5.99. The Balaban J connectivity index is 2.05. The second kappa shape index (κ2) is 8.58. The van der Waals surface area contributed by atoms with E-state index >= 15 is 0 Å². The lowest BCUT2D eigenvalue weighted by atomic mass is 10.2. The Morgan fingerprint density at radius 3 is 2.41 bits per heavy atom. The van der Waals surface area contributed by atoms with Crippen molar-refractivity contribution < 1.29 is 4.79 Å². The molecule has 0 aliphatic heterocycles. The second-order valence-electron chi connectivity index (χ2n) is 6.64. The first-order valence-electron chi connectivity index (χ1n) is 9.40. The van der Waals surface area contributed by atoms with Crippen molar-refractivity contribution in [3.63, 3.8) is 0 Å². The highest BCUT2D eigenvalue weighted by Gasteiger charge is 2.11. The van der Waals surface area contributed by atoms with Gasteiger partial charge in [0.05, 0.1) is 17.1 Å². The minimum atomic E-state index is -0.0424. The SMILES string of the molecule is CCCCc1ccc(-c2ccccc2)n1/N=C(\C)c1cccc(C(C)=O)n1. The summed E-state index contributed by atoms with van der Waals surface area (Å²) in [6.07, 6.45) is 3.22. The quantitative estimate of drug-likeness (QED) is 0.421. The van der Waals surface area contributed by atoms with Crippen molar-refractivity contribution in [2.75, 3.05) is 0 Å². The largest absolute Gasteiger partial charge is 0.293 e.